The van der Waals surface area contributed by atoms with Crippen LogP contribution in [-0.2, 0) is 17.8 Å². The third-order valence-corrected chi connectivity index (χ3v) is 4.02. The van der Waals surface area contributed by atoms with E-state index < -0.39 is 5.97 Å². The molecule has 2 aromatic heterocycles. The van der Waals surface area contributed by atoms with Crippen molar-refractivity contribution in [1.29, 1.82) is 0 Å². The van der Waals surface area contributed by atoms with Crippen molar-refractivity contribution >= 4 is 5.97 Å². The zero-order valence-corrected chi connectivity index (χ0v) is 15.7. The minimum absolute atomic E-state index is 0.410. The number of benzene rings is 1. The molecule has 142 valence electrons. The van der Waals surface area contributed by atoms with E-state index in [1.165, 1.54) is 7.11 Å². The molecule has 0 aliphatic rings. The summed E-state index contributed by atoms with van der Waals surface area (Å²) >= 11 is 0. The second-order valence-corrected chi connectivity index (χ2v) is 6.09. The summed E-state index contributed by atoms with van der Waals surface area (Å²) in [5.74, 6) is 2.55. The highest BCUT2D eigenvalue weighted by Crippen LogP contribution is 2.21. The van der Waals surface area contributed by atoms with Gasteiger partial charge in [-0.15, -0.1) is 0 Å². The summed E-state index contributed by atoms with van der Waals surface area (Å²) in [6.45, 7) is 2.69. The largest absolute Gasteiger partial charge is 0.497 e. The van der Waals surface area contributed by atoms with Crippen molar-refractivity contribution in [2.45, 2.75) is 20.0 Å². The Kier molecular flexibility index (Phi) is 5.56. The lowest BCUT2D eigenvalue weighted by atomic mass is 10.2. The maximum Gasteiger partial charge on any atom is 0.341 e. The molecule has 0 fully saturated rings. The summed E-state index contributed by atoms with van der Waals surface area (Å²) in [6, 6.07) is 9.09. The molecular weight excluding hydrogens is 350 g/mol. The molecule has 2 heterocycles. The number of carbonyl (C=O) groups is 1. The van der Waals surface area contributed by atoms with E-state index in [1.807, 2.05) is 36.2 Å². The average molecular weight is 371 g/mol. The summed E-state index contributed by atoms with van der Waals surface area (Å²) in [5.41, 5.74) is 1.25. The minimum atomic E-state index is -0.410. The van der Waals surface area contributed by atoms with E-state index in [2.05, 4.69) is 10.1 Å². The Bertz CT molecular complexity index is 914. The van der Waals surface area contributed by atoms with E-state index in [1.54, 1.807) is 20.1 Å². The zero-order valence-electron chi connectivity index (χ0n) is 15.7. The summed E-state index contributed by atoms with van der Waals surface area (Å²) in [6.07, 6.45) is 0. The molecule has 1 aromatic carbocycles. The van der Waals surface area contributed by atoms with Crippen LogP contribution in [0.5, 0.6) is 5.75 Å². The molecule has 27 heavy (non-hydrogen) atoms. The van der Waals surface area contributed by atoms with Gasteiger partial charge < -0.3 is 18.4 Å². The van der Waals surface area contributed by atoms with Gasteiger partial charge in [-0.05, 0) is 44.3 Å². The monoisotopic (exact) mass is 371 g/mol. The number of ether oxygens (including phenoxy) is 2. The molecule has 0 saturated heterocycles. The molecule has 3 aromatic rings. The highest BCUT2D eigenvalue weighted by atomic mass is 16.5. The molecule has 0 N–H and O–H groups in total. The number of hydrogen-bond donors (Lipinski definition) is 0. The van der Waals surface area contributed by atoms with Gasteiger partial charge in [0.25, 0.3) is 5.89 Å². The van der Waals surface area contributed by atoms with Crippen molar-refractivity contribution in [1.82, 2.24) is 15.0 Å². The number of aryl methyl sites for hydroxylation is 1. The first-order chi connectivity index (χ1) is 13.0. The first kappa shape index (κ1) is 18.7. The molecule has 3 rings (SSSR count). The van der Waals surface area contributed by atoms with Crippen LogP contribution in [-0.4, -0.2) is 42.3 Å². The normalized spacial score (nSPS) is 11.0. The lowest BCUT2D eigenvalue weighted by Crippen LogP contribution is -2.17. The van der Waals surface area contributed by atoms with E-state index >= 15 is 0 Å². The van der Waals surface area contributed by atoms with Gasteiger partial charge in [0.1, 0.15) is 22.8 Å². The van der Waals surface area contributed by atoms with Crippen LogP contribution in [0.4, 0.5) is 0 Å². The summed E-state index contributed by atoms with van der Waals surface area (Å²) in [5, 5.41) is 4.02. The number of esters is 1. The predicted molar refractivity (Wildman–Crippen MR) is 96.2 cm³/mol. The van der Waals surface area contributed by atoms with E-state index in [4.69, 9.17) is 18.4 Å². The van der Waals surface area contributed by atoms with Crippen LogP contribution in [0.15, 0.2) is 39.3 Å². The molecule has 0 aliphatic carbocycles. The predicted octanol–water partition coefficient (Wildman–Crippen LogP) is 3.07. The fourth-order valence-electron chi connectivity index (χ4n) is 2.67. The maximum absolute atomic E-state index is 11.7. The summed E-state index contributed by atoms with van der Waals surface area (Å²) in [7, 11) is 4.86. The van der Waals surface area contributed by atoms with Gasteiger partial charge in [0.05, 0.1) is 27.3 Å². The zero-order chi connectivity index (χ0) is 19.4. The molecule has 0 aliphatic heterocycles. The third-order valence-electron chi connectivity index (χ3n) is 4.02. The van der Waals surface area contributed by atoms with Crippen LogP contribution >= 0.6 is 0 Å². The van der Waals surface area contributed by atoms with Crippen molar-refractivity contribution < 1.29 is 23.2 Å². The van der Waals surface area contributed by atoms with Gasteiger partial charge >= 0.3 is 5.97 Å². The Hall–Kier alpha value is -3.13. The topological polar surface area (TPSA) is 90.8 Å². The van der Waals surface area contributed by atoms with Crippen molar-refractivity contribution in [3.63, 3.8) is 0 Å². The standard InChI is InChI=1S/C19H21N3O5/c1-12-16(19(23)25-4)9-15(26-12)10-22(2)11-17-20-18(27-21-17)13-5-7-14(24-3)8-6-13/h5-9H,10-11H2,1-4H3. The number of methoxy groups -OCH3 is 2. The molecule has 0 unspecified atom stereocenters. The highest BCUT2D eigenvalue weighted by Gasteiger charge is 2.17. The van der Waals surface area contributed by atoms with Crippen LogP contribution in [0.3, 0.4) is 0 Å². The maximum atomic E-state index is 11.7. The molecule has 0 saturated carbocycles. The minimum Gasteiger partial charge on any atom is -0.497 e. The van der Waals surface area contributed by atoms with Gasteiger partial charge in [0.15, 0.2) is 5.82 Å². The summed E-state index contributed by atoms with van der Waals surface area (Å²) < 4.78 is 20.8. The third kappa shape index (κ3) is 4.35. The van der Waals surface area contributed by atoms with Crippen molar-refractivity contribution in [3.05, 3.63) is 53.2 Å². The van der Waals surface area contributed by atoms with Crippen LogP contribution in [0, 0.1) is 6.92 Å². The highest BCUT2D eigenvalue weighted by molar-refractivity contribution is 5.90. The Morgan fingerprint density at radius 2 is 1.93 bits per heavy atom. The lowest BCUT2D eigenvalue weighted by Gasteiger charge is -2.11. The molecule has 0 spiro atoms. The molecule has 0 bridgehead atoms. The van der Waals surface area contributed by atoms with Gasteiger partial charge in [-0.25, -0.2) is 4.79 Å². The molecule has 8 nitrogen and oxygen atoms in total. The smallest absolute Gasteiger partial charge is 0.341 e. The van der Waals surface area contributed by atoms with Crippen LogP contribution in [0.2, 0.25) is 0 Å². The molecule has 8 heteroatoms. The SMILES string of the molecule is COC(=O)c1cc(CN(C)Cc2noc(-c3ccc(OC)cc3)n2)oc1C. The van der Waals surface area contributed by atoms with E-state index in [9.17, 15) is 4.79 Å². The lowest BCUT2D eigenvalue weighted by molar-refractivity contribution is 0.0599. The Balaban J connectivity index is 1.64. The number of aromatic nitrogens is 2. The van der Waals surface area contributed by atoms with Gasteiger partial charge in [0.2, 0.25) is 0 Å². The number of furan rings is 1. The van der Waals surface area contributed by atoms with Gasteiger partial charge in [-0.3, -0.25) is 4.90 Å². The van der Waals surface area contributed by atoms with Crippen molar-refractivity contribution in [2.75, 3.05) is 21.3 Å². The molecule has 0 atom stereocenters. The van der Waals surface area contributed by atoms with Crippen molar-refractivity contribution in [2.24, 2.45) is 0 Å². The Morgan fingerprint density at radius 3 is 2.59 bits per heavy atom. The number of rotatable bonds is 7. The quantitative estimate of drug-likeness (QED) is 0.585. The van der Waals surface area contributed by atoms with E-state index in [0.29, 0.717) is 41.9 Å². The first-order valence-electron chi connectivity index (χ1n) is 8.33. The van der Waals surface area contributed by atoms with Gasteiger partial charge in [0, 0.05) is 5.56 Å². The Labute approximate surface area is 156 Å². The number of hydrogen-bond acceptors (Lipinski definition) is 8. The molecule has 0 amide bonds. The average Bonchev–Trinajstić information content (AvgIpc) is 3.27. The summed E-state index contributed by atoms with van der Waals surface area (Å²) in [4.78, 5) is 18.0. The number of carbonyl (C=O) groups excluding carboxylic acids is 1. The fraction of sp³-hybridized carbons (Fsp3) is 0.316. The van der Waals surface area contributed by atoms with Crippen LogP contribution in [0.25, 0.3) is 11.5 Å². The molecular formula is C19H21N3O5. The van der Waals surface area contributed by atoms with Crippen LogP contribution in [0.1, 0.15) is 27.7 Å². The van der Waals surface area contributed by atoms with Gasteiger partial charge in [-0.1, -0.05) is 5.16 Å². The number of nitrogens with zero attached hydrogens (tertiary/aromatic N) is 3. The first-order valence-corrected chi connectivity index (χ1v) is 8.33. The fourth-order valence-corrected chi connectivity index (χ4v) is 2.67. The molecule has 0 radical (unpaired) electrons. The Morgan fingerprint density at radius 1 is 1.19 bits per heavy atom. The van der Waals surface area contributed by atoms with E-state index in [0.717, 1.165) is 11.3 Å². The van der Waals surface area contributed by atoms with E-state index in [-0.39, 0.29) is 0 Å². The van der Waals surface area contributed by atoms with Gasteiger partial charge in [-0.2, -0.15) is 4.98 Å². The second kappa shape index (κ2) is 8.05. The second-order valence-electron chi connectivity index (χ2n) is 6.09. The van der Waals surface area contributed by atoms with Crippen molar-refractivity contribution in [3.8, 4) is 17.2 Å². The van der Waals surface area contributed by atoms with Crippen LogP contribution < -0.4 is 4.74 Å².